The van der Waals surface area contributed by atoms with Crippen LogP contribution in [0.5, 0.6) is 5.75 Å². The molecule has 0 fully saturated rings. The van der Waals surface area contributed by atoms with Gasteiger partial charge in [0.15, 0.2) is 0 Å². The fraction of sp³-hybridized carbons (Fsp3) is 0.125. The van der Waals surface area contributed by atoms with E-state index in [-0.39, 0.29) is 11.7 Å². The van der Waals surface area contributed by atoms with Crippen LogP contribution in [0.4, 0.5) is 5.69 Å². The van der Waals surface area contributed by atoms with Crippen molar-refractivity contribution < 1.29 is 9.53 Å². The number of aromatic nitrogens is 6. The predicted molar refractivity (Wildman–Crippen MR) is 102 cm³/mol. The molecule has 2 heterocycles. The zero-order valence-electron chi connectivity index (χ0n) is 14.1. The van der Waals surface area contributed by atoms with Crippen molar-refractivity contribution in [3.8, 4) is 11.4 Å². The Labute approximate surface area is 162 Å². The van der Waals surface area contributed by atoms with Gasteiger partial charge in [0.2, 0.25) is 11.1 Å². The minimum Gasteiger partial charge on any atom is -0.497 e. The molecule has 0 saturated heterocycles. The van der Waals surface area contributed by atoms with E-state index in [1.165, 1.54) is 11.8 Å². The molecule has 136 valence electrons. The third kappa shape index (κ3) is 3.73. The van der Waals surface area contributed by atoms with Crippen LogP contribution in [0.3, 0.4) is 0 Å². The molecule has 1 amide bonds. The van der Waals surface area contributed by atoms with Gasteiger partial charge in [0.1, 0.15) is 16.8 Å². The highest BCUT2D eigenvalue weighted by Crippen LogP contribution is 2.23. The van der Waals surface area contributed by atoms with Crippen molar-refractivity contribution in [3.63, 3.8) is 0 Å². The number of ether oxygens (including phenoxy) is 1. The number of hydrogen-bond acceptors (Lipinski definition) is 9. The summed E-state index contributed by atoms with van der Waals surface area (Å²) in [4.78, 5) is 12.3. The molecule has 0 atom stereocenters. The number of thioether (sulfide) groups is 1. The third-order valence-corrected chi connectivity index (χ3v) is 5.11. The number of benzene rings is 2. The second-order valence-corrected chi connectivity index (χ2v) is 6.82. The van der Waals surface area contributed by atoms with E-state index in [0.29, 0.717) is 16.4 Å². The Morgan fingerprint density at radius 1 is 1.22 bits per heavy atom. The van der Waals surface area contributed by atoms with Gasteiger partial charge < -0.3 is 10.1 Å². The van der Waals surface area contributed by atoms with Gasteiger partial charge in [-0.25, -0.2) is 0 Å². The molecule has 1 N–H and O–H groups in total. The van der Waals surface area contributed by atoms with Crippen LogP contribution in [0.15, 0.2) is 47.6 Å². The van der Waals surface area contributed by atoms with Crippen molar-refractivity contribution in [1.82, 2.24) is 29.0 Å². The van der Waals surface area contributed by atoms with Gasteiger partial charge in [-0.3, -0.25) is 4.79 Å². The van der Waals surface area contributed by atoms with Crippen LogP contribution in [0.25, 0.3) is 16.7 Å². The average Bonchev–Trinajstić information content (AvgIpc) is 3.36. The molecule has 0 aliphatic heterocycles. The molecule has 0 spiro atoms. The van der Waals surface area contributed by atoms with E-state index in [0.717, 1.165) is 28.7 Å². The van der Waals surface area contributed by atoms with Gasteiger partial charge in [-0.15, -0.1) is 5.10 Å². The highest BCUT2D eigenvalue weighted by atomic mass is 32.2. The minimum absolute atomic E-state index is 0.157. The first-order valence-electron chi connectivity index (χ1n) is 7.81. The van der Waals surface area contributed by atoms with E-state index >= 15 is 0 Å². The molecule has 9 nitrogen and oxygen atoms in total. The Morgan fingerprint density at radius 2 is 2.07 bits per heavy atom. The SMILES string of the molecule is COc1ccc(-n2nnnc2SCC(=O)Nc2cccc3nsnc23)cc1. The lowest BCUT2D eigenvalue weighted by atomic mass is 10.2. The monoisotopic (exact) mass is 399 g/mol. The molecule has 0 unspecified atom stereocenters. The molecule has 2 aromatic carbocycles. The Hall–Kier alpha value is -3.05. The molecule has 0 saturated carbocycles. The number of carbonyl (C=O) groups excluding carboxylic acids is 1. The van der Waals surface area contributed by atoms with Crippen molar-refractivity contribution in [1.29, 1.82) is 0 Å². The predicted octanol–water partition coefficient (Wildman–Crippen LogP) is 2.41. The summed E-state index contributed by atoms with van der Waals surface area (Å²) in [5.41, 5.74) is 2.86. The fourth-order valence-corrected chi connectivity index (χ4v) is 3.62. The van der Waals surface area contributed by atoms with E-state index in [9.17, 15) is 4.79 Å². The van der Waals surface area contributed by atoms with Crippen LogP contribution in [0.2, 0.25) is 0 Å². The van der Waals surface area contributed by atoms with Gasteiger partial charge in [-0.1, -0.05) is 17.8 Å². The highest BCUT2D eigenvalue weighted by molar-refractivity contribution is 7.99. The lowest BCUT2D eigenvalue weighted by Gasteiger charge is -2.06. The molecular weight excluding hydrogens is 386 g/mol. The first-order chi connectivity index (χ1) is 13.2. The van der Waals surface area contributed by atoms with E-state index in [4.69, 9.17) is 4.74 Å². The number of amides is 1. The number of methoxy groups -OCH3 is 1. The molecule has 11 heteroatoms. The summed E-state index contributed by atoms with van der Waals surface area (Å²) < 4.78 is 15.1. The number of tetrazole rings is 1. The number of fused-ring (bicyclic) bond motifs is 1. The summed E-state index contributed by atoms with van der Waals surface area (Å²) in [6.45, 7) is 0. The molecule has 4 rings (SSSR count). The average molecular weight is 399 g/mol. The van der Waals surface area contributed by atoms with Crippen molar-refractivity contribution >= 4 is 46.1 Å². The Kier molecular flexibility index (Phi) is 4.94. The molecule has 27 heavy (non-hydrogen) atoms. The highest BCUT2D eigenvalue weighted by Gasteiger charge is 2.13. The molecule has 4 aromatic rings. The molecule has 0 radical (unpaired) electrons. The van der Waals surface area contributed by atoms with Gasteiger partial charge in [0, 0.05) is 0 Å². The van der Waals surface area contributed by atoms with Gasteiger partial charge in [-0.05, 0) is 46.8 Å². The molecule has 0 aliphatic carbocycles. The van der Waals surface area contributed by atoms with E-state index in [1.54, 1.807) is 17.9 Å². The Morgan fingerprint density at radius 3 is 2.89 bits per heavy atom. The summed E-state index contributed by atoms with van der Waals surface area (Å²) in [7, 11) is 1.61. The topological polar surface area (TPSA) is 108 Å². The van der Waals surface area contributed by atoms with Gasteiger partial charge >= 0.3 is 0 Å². The normalized spacial score (nSPS) is 10.9. The molecular formula is C16H13N7O2S2. The number of hydrogen-bond donors (Lipinski definition) is 1. The van der Waals surface area contributed by atoms with Crippen molar-refractivity contribution in [2.24, 2.45) is 0 Å². The number of rotatable bonds is 6. The summed E-state index contributed by atoms with van der Waals surface area (Å²) in [5, 5.41) is 15.0. The second kappa shape index (κ2) is 7.68. The smallest absolute Gasteiger partial charge is 0.234 e. The fourth-order valence-electron chi connectivity index (χ4n) is 2.38. The molecule has 2 aromatic heterocycles. The van der Waals surface area contributed by atoms with E-state index < -0.39 is 0 Å². The van der Waals surface area contributed by atoms with Crippen molar-refractivity contribution in [2.75, 3.05) is 18.2 Å². The number of anilines is 1. The van der Waals surface area contributed by atoms with Crippen LogP contribution in [-0.2, 0) is 4.79 Å². The second-order valence-electron chi connectivity index (χ2n) is 5.35. The summed E-state index contributed by atoms with van der Waals surface area (Å²) in [6, 6.07) is 12.8. The van der Waals surface area contributed by atoms with Gasteiger partial charge in [-0.2, -0.15) is 13.4 Å². The van der Waals surface area contributed by atoms with Crippen molar-refractivity contribution in [3.05, 3.63) is 42.5 Å². The minimum atomic E-state index is -0.176. The van der Waals surface area contributed by atoms with Crippen LogP contribution >= 0.6 is 23.5 Å². The first-order valence-corrected chi connectivity index (χ1v) is 9.53. The maximum Gasteiger partial charge on any atom is 0.234 e. The van der Waals surface area contributed by atoms with Crippen molar-refractivity contribution in [2.45, 2.75) is 5.16 Å². The molecule has 0 bridgehead atoms. The lowest BCUT2D eigenvalue weighted by Crippen LogP contribution is -2.15. The van der Waals surface area contributed by atoms with E-state index in [2.05, 4.69) is 29.6 Å². The maximum absolute atomic E-state index is 12.3. The number of nitrogens with zero attached hydrogens (tertiary/aromatic N) is 6. The maximum atomic E-state index is 12.3. The standard InChI is InChI=1S/C16H13N7O2S2/c1-25-11-7-5-10(6-8-11)23-16(18-21-22-23)26-9-14(24)17-12-3-2-4-13-15(12)20-27-19-13/h2-8H,9H2,1H3,(H,17,24). The summed E-state index contributed by atoms with van der Waals surface area (Å²) in [6.07, 6.45) is 0. The van der Waals surface area contributed by atoms with Gasteiger partial charge in [0.25, 0.3) is 0 Å². The number of nitrogens with one attached hydrogen (secondary N) is 1. The Bertz CT molecular complexity index is 1080. The van der Waals surface area contributed by atoms with Crippen LogP contribution < -0.4 is 10.1 Å². The molecule has 0 aliphatic rings. The van der Waals surface area contributed by atoms with E-state index in [1.807, 2.05) is 36.4 Å². The van der Waals surface area contributed by atoms with Crippen LogP contribution in [0.1, 0.15) is 0 Å². The quantitative estimate of drug-likeness (QED) is 0.493. The summed E-state index contributed by atoms with van der Waals surface area (Å²) in [5.74, 6) is 0.723. The first kappa shape index (κ1) is 17.4. The largest absolute Gasteiger partial charge is 0.497 e. The lowest BCUT2D eigenvalue weighted by molar-refractivity contribution is -0.113. The Balaban J connectivity index is 1.44. The number of carbonyl (C=O) groups is 1. The zero-order chi connectivity index (χ0) is 18.6. The van der Waals surface area contributed by atoms with Gasteiger partial charge in [0.05, 0.1) is 36.0 Å². The van der Waals surface area contributed by atoms with Crippen LogP contribution in [0, 0.1) is 0 Å². The van der Waals surface area contributed by atoms with Crippen LogP contribution in [-0.4, -0.2) is 47.7 Å². The third-order valence-electron chi connectivity index (χ3n) is 3.65. The summed E-state index contributed by atoms with van der Waals surface area (Å²) >= 11 is 2.36. The zero-order valence-corrected chi connectivity index (χ0v) is 15.7.